The van der Waals surface area contributed by atoms with Gasteiger partial charge < -0.3 is 14.5 Å². The summed E-state index contributed by atoms with van der Waals surface area (Å²) in [6, 6.07) is 7.37. The zero-order valence-electron chi connectivity index (χ0n) is 12.1. The Balaban J connectivity index is 2.27. The third kappa shape index (κ3) is 2.99. The lowest BCUT2D eigenvalue weighted by Crippen LogP contribution is -2.51. The van der Waals surface area contributed by atoms with Crippen LogP contribution in [0.15, 0.2) is 24.3 Å². The predicted octanol–water partition coefficient (Wildman–Crippen LogP) is 0.674. The third-order valence-corrected chi connectivity index (χ3v) is 3.49. The van der Waals surface area contributed by atoms with Gasteiger partial charge in [-0.15, -0.1) is 0 Å². The first-order valence-corrected chi connectivity index (χ1v) is 6.61. The number of methoxy groups -OCH3 is 1. The van der Waals surface area contributed by atoms with E-state index in [1.165, 1.54) is 7.11 Å². The van der Waals surface area contributed by atoms with Crippen LogP contribution in [0.3, 0.4) is 0 Å². The van der Waals surface area contributed by atoms with Gasteiger partial charge in [0.15, 0.2) is 0 Å². The summed E-state index contributed by atoms with van der Waals surface area (Å²) in [5, 5.41) is 0. The van der Waals surface area contributed by atoms with Gasteiger partial charge in [-0.05, 0) is 25.2 Å². The fourth-order valence-corrected chi connectivity index (χ4v) is 2.49. The number of fused-ring (bicyclic) bond motifs is 1. The van der Waals surface area contributed by atoms with E-state index in [-0.39, 0.29) is 18.4 Å². The number of carbonyl (C=O) groups excluding carboxylic acids is 2. The molecule has 1 unspecified atom stereocenters. The lowest BCUT2D eigenvalue weighted by molar-refractivity contribution is -0.154. The van der Waals surface area contributed by atoms with Crippen molar-refractivity contribution in [2.45, 2.75) is 19.0 Å². The monoisotopic (exact) mass is 276 g/mol. The number of amides is 1. The first-order chi connectivity index (χ1) is 9.52. The topological polar surface area (TPSA) is 49.9 Å². The van der Waals surface area contributed by atoms with E-state index < -0.39 is 6.04 Å². The quantitative estimate of drug-likeness (QED) is 0.762. The van der Waals surface area contributed by atoms with E-state index in [0.29, 0.717) is 13.0 Å². The van der Waals surface area contributed by atoms with Crippen LogP contribution in [-0.2, 0) is 27.3 Å². The fraction of sp³-hybridized carbons (Fsp3) is 0.467. The van der Waals surface area contributed by atoms with Crippen LogP contribution < -0.4 is 0 Å². The van der Waals surface area contributed by atoms with Crippen LogP contribution in [0, 0.1) is 0 Å². The van der Waals surface area contributed by atoms with Crippen molar-refractivity contribution in [3.8, 4) is 0 Å². The molecular formula is C15H20N2O3. The van der Waals surface area contributed by atoms with Gasteiger partial charge in [-0.2, -0.15) is 0 Å². The largest absolute Gasteiger partial charge is 0.467 e. The van der Waals surface area contributed by atoms with Gasteiger partial charge in [-0.25, -0.2) is 4.79 Å². The first-order valence-electron chi connectivity index (χ1n) is 6.61. The van der Waals surface area contributed by atoms with Crippen molar-refractivity contribution in [1.29, 1.82) is 0 Å². The van der Waals surface area contributed by atoms with Gasteiger partial charge in [0, 0.05) is 13.0 Å². The van der Waals surface area contributed by atoms with Gasteiger partial charge in [0.1, 0.15) is 6.04 Å². The van der Waals surface area contributed by atoms with Crippen molar-refractivity contribution >= 4 is 11.9 Å². The number of likely N-dealkylation sites (N-methyl/N-ethyl adjacent to an activating group) is 1. The molecule has 108 valence electrons. The third-order valence-electron chi connectivity index (χ3n) is 3.49. The van der Waals surface area contributed by atoms with E-state index in [9.17, 15) is 9.59 Å². The fourth-order valence-electron chi connectivity index (χ4n) is 2.49. The second kappa shape index (κ2) is 6.05. The van der Waals surface area contributed by atoms with Crippen LogP contribution in [0.5, 0.6) is 0 Å². The van der Waals surface area contributed by atoms with Crippen LogP contribution in [-0.4, -0.2) is 55.5 Å². The summed E-state index contributed by atoms with van der Waals surface area (Å²) >= 11 is 0. The van der Waals surface area contributed by atoms with E-state index >= 15 is 0 Å². The SMILES string of the molecule is COC(=O)C1Cc2ccccc2CN1C(=O)CN(C)C. The molecule has 0 radical (unpaired) electrons. The first kappa shape index (κ1) is 14.5. The number of carbonyl (C=O) groups is 2. The van der Waals surface area contributed by atoms with Crippen molar-refractivity contribution in [3.63, 3.8) is 0 Å². The number of esters is 1. The molecule has 0 aliphatic carbocycles. The Kier molecular flexibility index (Phi) is 4.39. The molecule has 1 aromatic carbocycles. The summed E-state index contributed by atoms with van der Waals surface area (Å²) in [6.45, 7) is 0.748. The summed E-state index contributed by atoms with van der Waals surface area (Å²) in [6.07, 6.45) is 0.516. The number of hydrogen-bond acceptors (Lipinski definition) is 4. The standard InChI is InChI=1S/C15H20N2O3/c1-16(2)10-14(18)17-9-12-7-5-4-6-11(12)8-13(17)15(19)20-3/h4-7,13H,8-10H2,1-3H3. The number of benzene rings is 1. The van der Waals surface area contributed by atoms with E-state index in [1.807, 2.05) is 38.4 Å². The molecule has 0 bridgehead atoms. The van der Waals surface area contributed by atoms with Gasteiger partial charge in [0.25, 0.3) is 0 Å². The molecule has 20 heavy (non-hydrogen) atoms. The maximum absolute atomic E-state index is 12.3. The lowest BCUT2D eigenvalue weighted by Gasteiger charge is -2.35. The van der Waals surface area contributed by atoms with Crippen LogP contribution in [0.1, 0.15) is 11.1 Å². The van der Waals surface area contributed by atoms with Gasteiger partial charge in [-0.1, -0.05) is 24.3 Å². The van der Waals surface area contributed by atoms with Crippen LogP contribution in [0.2, 0.25) is 0 Å². The maximum atomic E-state index is 12.3. The summed E-state index contributed by atoms with van der Waals surface area (Å²) in [7, 11) is 5.03. The van der Waals surface area contributed by atoms with E-state index in [4.69, 9.17) is 4.74 Å². The Morgan fingerprint density at radius 2 is 1.95 bits per heavy atom. The Bertz CT molecular complexity index is 514. The average Bonchev–Trinajstić information content (AvgIpc) is 2.44. The molecule has 1 aromatic rings. The van der Waals surface area contributed by atoms with Crippen molar-refractivity contribution in [2.75, 3.05) is 27.7 Å². The Morgan fingerprint density at radius 3 is 2.55 bits per heavy atom. The van der Waals surface area contributed by atoms with Crippen LogP contribution in [0.4, 0.5) is 0 Å². The molecule has 0 saturated heterocycles. The summed E-state index contributed by atoms with van der Waals surface area (Å²) in [4.78, 5) is 27.7. The molecule has 0 saturated carbocycles. The summed E-state index contributed by atoms with van der Waals surface area (Å²) in [5.74, 6) is -0.411. The minimum absolute atomic E-state index is 0.0556. The summed E-state index contributed by atoms with van der Waals surface area (Å²) in [5.41, 5.74) is 2.21. The van der Waals surface area contributed by atoms with Gasteiger partial charge in [-0.3, -0.25) is 4.79 Å². The van der Waals surface area contributed by atoms with E-state index in [0.717, 1.165) is 11.1 Å². The number of hydrogen-bond donors (Lipinski definition) is 0. The van der Waals surface area contributed by atoms with Crippen LogP contribution in [0.25, 0.3) is 0 Å². The Morgan fingerprint density at radius 1 is 1.30 bits per heavy atom. The molecule has 0 aromatic heterocycles. The van der Waals surface area contributed by atoms with Crippen molar-refractivity contribution < 1.29 is 14.3 Å². The average molecular weight is 276 g/mol. The lowest BCUT2D eigenvalue weighted by atomic mass is 9.94. The molecule has 0 spiro atoms. The zero-order valence-corrected chi connectivity index (χ0v) is 12.1. The minimum atomic E-state index is -0.526. The number of rotatable bonds is 3. The Labute approximate surface area is 119 Å². The molecule has 0 N–H and O–H groups in total. The predicted molar refractivity (Wildman–Crippen MR) is 75.1 cm³/mol. The maximum Gasteiger partial charge on any atom is 0.328 e. The normalized spacial score (nSPS) is 17.8. The Hall–Kier alpha value is -1.88. The second-order valence-electron chi connectivity index (χ2n) is 5.27. The minimum Gasteiger partial charge on any atom is -0.467 e. The molecule has 5 nitrogen and oxygen atoms in total. The molecule has 1 atom stereocenters. The van der Waals surface area contributed by atoms with Gasteiger partial charge in [0.05, 0.1) is 13.7 Å². The highest BCUT2D eigenvalue weighted by Gasteiger charge is 2.35. The van der Waals surface area contributed by atoms with Crippen molar-refractivity contribution in [1.82, 2.24) is 9.80 Å². The highest BCUT2D eigenvalue weighted by molar-refractivity contribution is 5.86. The molecule has 2 rings (SSSR count). The molecule has 1 amide bonds. The van der Waals surface area contributed by atoms with E-state index in [1.54, 1.807) is 9.80 Å². The second-order valence-corrected chi connectivity index (χ2v) is 5.27. The molecular weight excluding hydrogens is 256 g/mol. The van der Waals surface area contributed by atoms with Crippen molar-refractivity contribution in [2.24, 2.45) is 0 Å². The smallest absolute Gasteiger partial charge is 0.328 e. The number of ether oxygens (including phenoxy) is 1. The highest BCUT2D eigenvalue weighted by Crippen LogP contribution is 2.24. The zero-order chi connectivity index (χ0) is 14.7. The highest BCUT2D eigenvalue weighted by atomic mass is 16.5. The van der Waals surface area contributed by atoms with E-state index in [2.05, 4.69) is 0 Å². The van der Waals surface area contributed by atoms with Gasteiger partial charge >= 0.3 is 5.97 Å². The number of nitrogens with zero attached hydrogens (tertiary/aromatic N) is 2. The summed E-state index contributed by atoms with van der Waals surface area (Å²) < 4.78 is 4.84. The molecule has 1 aliphatic heterocycles. The van der Waals surface area contributed by atoms with Crippen molar-refractivity contribution in [3.05, 3.63) is 35.4 Å². The molecule has 0 fully saturated rings. The molecule has 5 heteroatoms. The van der Waals surface area contributed by atoms with Crippen LogP contribution >= 0.6 is 0 Å². The molecule has 1 aliphatic rings. The molecule has 1 heterocycles. The van der Waals surface area contributed by atoms with Gasteiger partial charge in [0.2, 0.25) is 5.91 Å².